The van der Waals surface area contributed by atoms with E-state index in [0.29, 0.717) is 0 Å². The van der Waals surface area contributed by atoms with Crippen LogP contribution in [0.4, 0.5) is 0 Å². The van der Waals surface area contributed by atoms with Gasteiger partial charge in [-0.05, 0) is 75.0 Å². The van der Waals surface area contributed by atoms with Crippen LogP contribution in [-0.2, 0) is 0 Å². The Morgan fingerprint density at radius 3 is 2.90 bits per heavy atom. The minimum Gasteiger partial charge on any atom is -0.393 e. The van der Waals surface area contributed by atoms with E-state index in [4.69, 9.17) is 5.41 Å². The van der Waals surface area contributed by atoms with E-state index in [1.807, 2.05) is 0 Å². The highest BCUT2D eigenvalue weighted by Crippen LogP contribution is 2.60. The van der Waals surface area contributed by atoms with Gasteiger partial charge in [-0.3, -0.25) is 0 Å². The lowest BCUT2D eigenvalue weighted by atomic mass is 9.53. The summed E-state index contributed by atoms with van der Waals surface area (Å²) in [4.78, 5) is 0. The van der Waals surface area contributed by atoms with Gasteiger partial charge in [0.1, 0.15) is 0 Å². The first-order chi connectivity index (χ1) is 9.59. The van der Waals surface area contributed by atoms with E-state index in [-0.39, 0.29) is 11.5 Å². The van der Waals surface area contributed by atoms with Gasteiger partial charge in [-0.1, -0.05) is 18.6 Å². The highest BCUT2D eigenvalue weighted by molar-refractivity contribution is 5.89. The zero-order valence-corrected chi connectivity index (χ0v) is 12.6. The molecule has 0 unspecified atom stereocenters. The Hall–Kier alpha value is -0.630. The molecule has 2 N–H and O–H groups in total. The van der Waals surface area contributed by atoms with Crippen LogP contribution in [0.3, 0.4) is 0 Å². The number of allylic oxidation sites excluding steroid dienone is 1. The maximum absolute atomic E-state index is 9.90. The normalized spacial score (nSPS) is 51.0. The lowest BCUT2D eigenvalue weighted by molar-refractivity contribution is 0.0222. The van der Waals surface area contributed by atoms with E-state index in [2.05, 4.69) is 13.0 Å². The van der Waals surface area contributed by atoms with Gasteiger partial charge in [-0.25, -0.2) is 0 Å². The summed E-state index contributed by atoms with van der Waals surface area (Å²) in [5, 5.41) is 18.2. The summed E-state index contributed by atoms with van der Waals surface area (Å²) < 4.78 is 0. The van der Waals surface area contributed by atoms with Gasteiger partial charge in [0, 0.05) is 11.1 Å². The molecule has 4 aliphatic carbocycles. The highest BCUT2D eigenvalue weighted by Gasteiger charge is 2.54. The van der Waals surface area contributed by atoms with Crippen LogP contribution in [0, 0.1) is 34.5 Å². The lowest BCUT2D eigenvalue weighted by Crippen LogP contribution is -2.46. The summed E-state index contributed by atoms with van der Waals surface area (Å²) in [7, 11) is 0. The van der Waals surface area contributed by atoms with Crippen LogP contribution < -0.4 is 0 Å². The summed E-state index contributed by atoms with van der Waals surface area (Å²) in [6, 6.07) is 0. The molecule has 3 fully saturated rings. The fourth-order valence-corrected chi connectivity index (χ4v) is 6.06. The van der Waals surface area contributed by atoms with Crippen molar-refractivity contribution in [2.75, 3.05) is 0 Å². The quantitative estimate of drug-likeness (QED) is 0.645. The number of hydrogen-bond donors (Lipinski definition) is 2. The van der Waals surface area contributed by atoms with Gasteiger partial charge in [-0.15, -0.1) is 0 Å². The summed E-state index contributed by atoms with van der Waals surface area (Å²) in [5.41, 5.74) is 2.83. The summed E-state index contributed by atoms with van der Waals surface area (Å²) in [5.74, 6) is 3.20. The Labute approximate surface area is 122 Å². The van der Waals surface area contributed by atoms with Crippen molar-refractivity contribution >= 4 is 5.71 Å². The third kappa shape index (κ3) is 1.70. The molecular formula is C18H27NO. The molecular weight excluding hydrogens is 246 g/mol. The Kier molecular flexibility index (Phi) is 2.89. The maximum atomic E-state index is 9.90. The standard InChI is InChI=1S/C18H27NO/c1-18-9-8-14-13-5-3-12(20)10-11(13)2-4-15(14)16(18)6-7-17(18)19/h2,12-16,19-20H,3-10H2,1H3/t12-,13+,14-,15-,16+,18+/m1/s1. The van der Waals surface area contributed by atoms with Crippen LogP contribution in [-0.4, -0.2) is 16.9 Å². The van der Waals surface area contributed by atoms with Crippen molar-refractivity contribution in [1.82, 2.24) is 0 Å². The number of aliphatic hydroxyl groups excluding tert-OH is 1. The number of rotatable bonds is 0. The van der Waals surface area contributed by atoms with Crippen LogP contribution in [0.15, 0.2) is 11.6 Å². The van der Waals surface area contributed by atoms with Crippen LogP contribution in [0.2, 0.25) is 0 Å². The first kappa shape index (κ1) is 13.1. The van der Waals surface area contributed by atoms with Gasteiger partial charge >= 0.3 is 0 Å². The van der Waals surface area contributed by atoms with E-state index in [1.165, 1.54) is 32.1 Å². The van der Waals surface area contributed by atoms with Crippen LogP contribution >= 0.6 is 0 Å². The van der Waals surface area contributed by atoms with Crippen molar-refractivity contribution in [3.8, 4) is 0 Å². The average molecular weight is 273 g/mol. The van der Waals surface area contributed by atoms with Crippen molar-refractivity contribution in [3.63, 3.8) is 0 Å². The summed E-state index contributed by atoms with van der Waals surface area (Å²) in [6.07, 6.45) is 11.6. The number of hydrogen-bond acceptors (Lipinski definition) is 2. The first-order valence-electron chi connectivity index (χ1n) is 8.54. The van der Waals surface area contributed by atoms with Crippen molar-refractivity contribution in [1.29, 1.82) is 5.41 Å². The molecule has 3 saturated carbocycles. The van der Waals surface area contributed by atoms with Gasteiger partial charge in [-0.2, -0.15) is 0 Å². The molecule has 0 aromatic carbocycles. The van der Waals surface area contributed by atoms with Crippen LogP contribution in [0.25, 0.3) is 0 Å². The van der Waals surface area contributed by atoms with Gasteiger partial charge < -0.3 is 10.5 Å². The predicted octanol–water partition coefficient (Wildman–Crippen LogP) is 3.94. The predicted molar refractivity (Wildman–Crippen MR) is 80.8 cm³/mol. The van der Waals surface area contributed by atoms with Crippen molar-refractivity contribution in [3.05, 3.63) is 11.6 Å². The summed E-state index contributed by atoms with van der Waals surface area (Å²) in [6.45, 7) is 2.37. The Bertz CT molecular complexity index is 468. The molecule has 0 amide bonds. The van der Waals surface area contributed by atoms with Crippen LogP contribution in [0.5, 0.6) is 0 Å². The second-order valence-electron chi connectivity index (χ2n) is 7.96. The second kappa shape index (κ2) is 4.43. The molecule has 0 spiro atoms. The monoisotopic (exact) mass is 273 g/mol. The minimum atomic E-state index is -0.0810. The van der Waals surface area contributed by atoms with E-state index in [1.54, 1.807) is 5.57 Å². The molecule has 2 heteroatoms. The zero-order valence-electron chi connectivity index (χ0n) is 12.6. The molecule has 0 radical (unpaired) electrons. The fraction of sp³-hybridized carbons (Fsp3) is 0.833. The molecule has 4 rings (SSSR count). The van der Waals surface area contributed by atoms with Crippen molar-refractivity contribution < 1.29 is 5.11 Å². The third-order valence-corrected chi connectivity index (χ3v) is 7.20. The van der Waals surface area contributed by atoms with Crippen molar-refractivity contribution in [2.45, 2.75) is 64.4 Å². The Morgan fingerprint density at radius 1 is 1.20 bits per heavy atom. The fourth-order valence-electron chi connectivity index (χ4n) is 6.06. The first-order valence-corrected chi connectivity index (χ1v) is 8.54. The lowest BCUT2D eigenvalue weighted by Gasteiger charge is -2.52. The topological polar surface area (TPSA) is 44.1 Å². The van der Waals surface area contributed by atoms with E-state index >= 15 is 0 Å². The second-order valence-corrected chi connectivity index (χ2v) is 7.96. The average Bonchev–Trinajstić information content (AvgIpc) is 2.74. The third-order valence-electron chi connectivity index (χ3n) is 7.20. The van der Waals surface area contributed by atoms with Gasteiger partial charge in [0.2, 0.25) is 0 Å². The van der Waals surface area contributed by atoms with Crippen molar-refractivity contribution in [2.24, 2.45) is 29.1 Å². The van der Waals surface area contributed by atoms with Gasteiger partial charge in [0.05, 0.1) is 6.10 Å². The number of fused-ring (bicyclic) bond motifs is 5. The van der Waals surface area contributed by atoms with Gasteiger partial charge in [0.25, 0.3) is 0 Å². The molecule has 2 nitrogen and oxygen atoms in total. The largest absolute Gasteiger partial charge is 0.393 e. The van der Waals surface area contributed by atoms with Gasteiger partial charge in [0.15, 0.2) is 0 Å². The van der Waals surface area contributed by atoms with E-state index < -0.39 is 0 Å². The molecule has 0 aliphatic heterocycles. The van der Waals surface area contributed by atoms with E-state index in [0.717, 1.165) is 48.6 Å². The minimum absolute atomic E-state index is 0.0810. The molecule has 0 aromatic heterocycles. The zero-order chi connectivity index (χ0) is 13.9. The molecule has 0 heterocycles. The molecule has 0 bridgehead atoms. The molecule has 110 valence electrons. The summed E-state index contributed by atoms with van der Waals surface area (Å²) >= 11 is 0. The molecule has 0 aromatic rings. The van der Waals surface area contributed by atoms with E-state index in [9.17, 15) is 5.11 Å². The molecule has 6 atom stereocenters. The molecule has 4 aliphatic rings. The molecule has 0 saturated heterocycles. The Balaban J connectivity index is 1.64. The Morgan fingerprint density at radius 2 is 2.05 bits per heavy atom. The molecule has 20 heavy (non-hydrogen) atoms. The highest BCUT2D eigenvalue weighted by atomic mass is 16.3. The number of aliphatic hydroxyl groups is 1. The SMILES string of the molecule is C[C@]12CC[C@H]3[C@@H](CC=C4C[C@H](O)CC[C@@H]43)[C@@H]1CCC2=N. The number of nitrogens with one attached hydrogen (secondary N) is 1. The smallest absolute Gasteiger partial charge is 0.0577 e. The maximum Gasteiger partial charge on any atom is 0.0577 e. The van der Waals surface area contributed by atoms with Crippen LogP contribution in [0.1, 0.15) is 58.3 Å².